The van der Waals surface area contributed by atoms with Gasteiger partial charge in [-0.1, -0.05) is 30.0 Å². The molecule has 1 aliphatic heterocycles. The molecule has 0 spiro atoms. The summed E-state index contributed by atoms with van der Waals surface area (Å²) in [5.41, 5.74) is 5.69. The van der Waals surface area contributed by atoms with Crippen molar-refractivity contribution in [1.82, 2.24) is 15.8 Å². The number of hydrogen-bond donors (Lipinski definition) is 3. The highest BCUT2D eigenvalue weighted by atomic mass is 32.2. The first-order valence-corrected chi connectivity index (χ1v) is 11.4. The molecule has 0 saturated carbocycles. The molecule has 0 atom stereocenters. The van der Waals surface area contributed by atoms with Gasteiger partial charge in [-0.2, -0.15) is 0 Å². The summed E-state index contributed by atoms with van der Waals surface area (Å²) in [7, 11) is 3.09. The van der Waals surface area contributed by atoms with Gasteiger partial charge in [-0.25, -0.2) is 0 Å². The number of nitrogens with zero attached hydrogens (tertiary/aromatic N) is 1. The fourth-order valence-corrected chi connectivity index (χ4v) is 4.37. The number of hydrazine groups is 1. The average Bonchev–Trinajstić information content (AvgIpc) is 3.10. The second kappa shape index (κ2) is 11.5. The summed E-state index contributed by atoms with van der Waals surface area (Å²) in [5, 5.41) is 9.26. The minimum atomic E-state index is -0.509. The van der Waals surface area contributed by atoms with Gasteiger partial charge in [0.15, 0.2) is 11.5 Å². The molecule has 0 aliphatic carbocycles. The Morgan fingerprint density at radius 1 is 1.09 bits per heavy atom. The van der Waals surface area contributed by atoms with Crippen LogP contribution in [-0.4, -0.2) is 52.8 Å². The van der Waals surface area contributed by atoms with E-state index >= 15 is 0 Å². The number of thioether (sulfide) groups is 1. The van der Waals surface area contributed by atoms with Crippen molar-refractivity contribution in [2.45, 2.75) is 12.8 Å². The first-order chi connectivity index (χ1) is 16.3. The van der Waals surface area contributed by atoms with E-state index in [4.69, 9.17) is 21.7 Å². The molecule has 1 fully saturated rings. The van der Waals surface area contributed by atoms with Crippen LogP contribution >= 0.6 is 24.0 Å². The standard InChI is InChI=1S/C23H23N3O6S2/c1-31-17-10-5-14(12-18(17)32-2)13-19-22(30)26(23(33)34-19)11-3-4-20(28)24-25-21(29)15-6-8-16(27)9-7-15/h5-10,12-13,27H,3-4,11H2,1-2H3,(H,24,28)(H,25,29)/b19-13-. The second-order valence-electron chi connectivity index (χ2n) is 7.10. The number of thiocarbonyl (C=S) groups is 1. The fraction of sp³-hybridized carbons (Fsp3) is 0.217. The minimum Gasteiger partial charge on any atom is -0.508 e. The molecule has 34 heavy (non-hydrogen) atoms. The van der Waals surface area contributed by atoms with Crippen molar-refractivity contribution in [3.63, 3.8) is 0 Å². The highest BCUT2D eigenvalue weighted by Crippen LogP contribution is 2.34. The maximum atomic E-state index is 12.8. The monoisotopic (exact) mass is 501 g/mol. The molecule has 1 aliphatic rings. The van der Waals surface area contributed by atoms with Gasteiger partial charge >= 0.3 is 0 Å². The van der Waals surface area contributed by atoms with E-state index in [9.17, 15) is 19.5 Å². The summed E-state index contributed by atoms with van der Waals surface area (Å²) >= 11 is 6.53. The molecule has 178 valence electrons. The van der Waals surface area contributed by atoms with Gasteiger partial charge in [0.1, 0.15) is 10.1 Å². The Labute approximate surface area is 206 Å². The predicted molar refractivity (Wildman–Crippen MR) is 132 cm³/mol. The van der Waals surface area contributed by atoms with E-state index < -0.39 is 11.8 Å². The van der Waals surface area contributed by atoms with Crippen LogP contribution in [0.3, 0.4) is 0 Å². The van der Waals surface area contributed by atoms with Gasteiger partial charge in [-0.15, -0.1) is 0 Å². The zero-order valence-corrected chi connectivity index (χ0v) is 20.1. The summed E-state index contributed by atoms with van der Waals surface area (Å²) in [5.74, 6) is 0.0321. The predicted octanol–water partition coefficient (Wildman–Crippen LogP) is 2.85. The minimum absolute atomic E-state index is 0.0369. The van der Waals surface area contributed by atoms with Crippen molar-refractivity contribution in [2.75, 3.05) is 20.8 Å². The number of benzene rings is 2. The second-order valence-corrected chi connectivity index (χ2v) is 8.78. The first kappa shape index (κ1) is 25.1. The summed E-state index contributed by atoms with van der Waals surface area (Å²) in [6.07, 6.45) is 2.17. The molecule has 3 N–H and O–H groups in total. The lowest BCUT2D eigenvalue weighted by molar-refractivity contribution is -0.124. The van der Waals surface area contributed by atoms with Crippen LogP contribution in [0, 0.1) is 0 Å². The van der Waals surface area contributed by atoms with Crippen molar-refractivity contribution in [3.05, 3.63) is 58.5 Å². The Kier molecular flexibility index (Phi) is 8.50. The van der Waals surface area contributed by atoms with E-state index in [1.54, 1.807) is 25.3 Å². The molecular weight excluding hydrogens is 478 g/mol. The molecule has 1 saturated heterocycles. The van der Waals surface area contributed by atoms with Crippen LogP contribution in [0.2, 0.25) is 0 Å². The molecule has 2 aromatic carbocycles. The molecule has 0 radical (unpaired) electrons. The van der Waals surface area contributed by atoms with E-state index in [0.29, 0.717) is 27.1 Å². The summed E-state index contributed by atoms with van der Waals surface area (Å²) < 4.78 is 10.9. The Morgan fingerprint density at radius 3 is 2.47 bits per heavy atom. The van der Waals surface area contributed by atoms with Gasteiger partial charge in [0.05, 0.1) is 19.1 Å². The van der Waals surface area contributed by atoms with Gasteiger partial charge in [0, 0.05) is 18.5 Å². The quantitative estimate of drug-likeness (QED) is 0.287. The van der Waals surface area contributed by atoms with E-state index in [1.807, 2.05) is 6.07 Å². The number of amides is 3. The van der Waals surface area contributed by atoms with Crippen molar-refractivity contribution < 1.29 is 29.0 Å². The third-order valence-electron chi connectivity index (χ3n) is 4.81. The van der Waals surface area contributed by atoms with Gasteiger partial charge in [0.2, 0.25) is 5.91 Å². The number of carbonyl (C=O) groups is 3. The molecule has 11 heteroatoms. The number of carbonyl (C=O) groups excluding carboxylic acids is 3. The molecule has 2 aromatic rings. The molecular formula is C23H23N3O6S2. The number of phenolic OH excluding ortho intramolecular Hbond substituents is 1. The largest absolute Gasteiger partial charge is 0.508 e. The molecule has 0 bridgehead atoms. The van der Waals surface area contributed by atoms with Crippen molar-refractivity contribution >= 4 is 52.1 Å². The highest BCUT2D eigenvalue weighted by Gasteiger charge is 2.31. The zero-order chi connectivity index (χ0) is 24.7. The van der Waals surface area contributed by atoms with E-state index in [-0.39, 0.29) is 30.2 Å². The summed E-state index contributed by atoms with van der Waals surface area (Å²) in [6.45, 7) is 0.271. The average molecular weight is 502 g/mol. The van der Waals surface area contributed by atoms with E-state index in [0.717, 1.165) is 5.56 Å². The molecule has 3 rings (SSSR count). The lowest BCUT2D eigenvalue weighted by Crippen LogP contribution is -2.41. The van der Waals surface area contributed by atoms with Crippen molar-refractivity contribution in [3.8, 4) is 17.2 Å². The third kappa shape index (κ3) is 6.27. The Morgan fingerprint density at radius 2 is 1.79 bits per heavy atom. The van der Waals surface area contributed by atoms with Crippen molar-refractivity contribution in [2.24, 2.45) is 0 Å². The highest BCUT2D eigenvalue weighted by molar-refractivity contribution is 8.26. The number of nitrogens with one attached hydrogen (secondary N) is 2. The molecule has 1 heterocycles. The van der Waals surface area contributed by atoms with Gasteiger partial charge in [-0.3, -0.25) is 30.1 Å². The first-order valence-electron chi connectivity index (χ1n) is 10.2. The smallest absolute Gasteiger partial charge is 0.269 e. The van der Waals surface area contributed by atoms with Crippen LogP contribution in [0.5, 0.6) is 17.2 Å². The third-order valence-corrected chi connectivity index (χ3v) is 6.19. The van der Waals surface area contributed by atoms with E-state index in [2.05, 4.69) is 10.9 Å². The molecule has 0 aromatic heterocycles. The van der Waals surface area contributed by atoms with Crippen LogP contribution in [0.25, 0.3) is 6.08 Å². The number of aromatic hydroxyl groups is 1. The number of phenols is 1. The number of ether oxygens (including phenoxy) is 2. The van der Waals surface area contributed by atoms with Gasteiger partial charge in [-0.05, 0) is 54.5 Å². The van der Waals surface area contributed by atoms with E-state index in [1.165, 1.54) is 48.0 Å². The maximum Gasteiger partial charge on any atom is 0.269 e. The van der Waals surface area contributed by atoms with Crippen LogP contribution in [0.4, 0.5) is 0 Å². The van der Waals surface area contributed by atoms with Crippen LogP contribution < -0.4 is 20.3 Å². The molecule has 3 amide bonds. The lowest BCUT2D eigenvalue weighted by atomic mass is 10.2. The normalized spacial score (nSPS) is 14.3. The Hall–Kier alpha value is -3.57. The Bertz CT molecular complexity index is 1130. The molecule has 0 unspecified atom stereocenters. The number of methoxy groups -OCH3 is 2. The van der Waals surface area contributed by atoms with Crippen LogP contribution in [0.1, 0.15) is 28.8 Å². The summed E-state index contributed by atoms with van der Waals surface area (Å²) in [4.78, 5) is 38.8. The van der Waals surface area contributed by atoms with Crippen LogP contribution in [0.15, 0.2) is 47.4 Å². The number of hydrogen-bond acceptors (Lipinski definition) is 8. The van der Waals surface area contributed by atoms with Gasteiger partial charge < -0.3 is 14.6 Å². The fourth-order valence-electron chi connectivity index (χ4n) is 3.06. The summed E-state index contributed by atoms with van der Waals surface area (Å²) in [6, 6.07) is 10.9. The van der Waals surface area contributed by atoms with Gasteiger partial charge in [0.25, 0.3) is 11.8 Å². The maximum absolute atomic E-state index is 12.8. The Balaban J connectivity index is 1.49. The molecule has 9 nitrogen and oxygen atoms in total. The zero-order valence-electron chi connectivity index (χ0n) is 18.5. The van der Waals surface area contributed by atoms with Crippen molar-refractivity contribution in [1.29, 1.82) is 0 Å². The SMILES string of the molecule is COc1ccc(/C=C2\SC(=S)N(CCCC(=O)NNC(=O)c3ccc(O)cc3)C2=O)cc1OC. The topological polar surface area (TPSA) is 117 Å². The lowest BCUT2D eigenvalue weighted by Gasteiger charge is -2.14. The van der Waals surface area contributed by atoms with Crippen LogP contribution in [-0.2, 0) is 9.59 Å². The number of rotatable bonds is 8.